The van der Waals surface area contributed by atoms with E-state index in [-0.39, 0.29) is 0 Å². The molecule has 0 radical (unpaired) electrons. The number of rotatable bonds is 1. The zero-order valence-electron chi connectivity index (χ0n) is 7.68. The predicted octanol–water partition coefficient (Wildman–Crippen LogP) is 2.59. The molecule has 0 amide bonds. The van der Waals surface area contributed by atoms with Gasteiger partial charge in [0.05, 0.1) is 4.88 Å². The Morgan fingerprint density at radius 2 is 2.07 bits per heavy atom. The number of pyridine rings is 1. The van der Waals surface area contributed by atoms with E-state index >= 15 is 0 Å². The molecule has 2 heterocycles. The number of hydrogen-bond acceptors (Lipinski definition) is 4. The van der Waals surface area contributed by atoms with Crippen molar-refractivity contribution in [1.82, 2.24) is 9.97 Å². The Kier molecular flexibility index (Phi) is 3.82. The fourth-order valence-corrected chi connectivity index (χ4v) is 1.60. The van der Waals surface area contributed by atoms with E-state index in [2.05, 4.69) is 23.1 Å². The molecule has 0 unspecified atom stereocenters. The minimum Gasteiger partial charge on any atom is -0.375 e. The van der Waals surface area contributed by atoms with Gasteiger partial charge in [-0.2, -0.15) is 0 Å². The van der Waals surface area contributed by atoms with Crippen LogP contribution < -0.4 is 5.73 Å². The van der Waals surface area contributed by atoms with Gasteiger partial charge in [0, 0.05) is 24.2 Å². The second-order valence-corrected chi connectivity index (χ2v) is 3.37. The van der Waals surface area contributed by atoms with E-state index in [4.69, 9.17) is 5.73 Å². The molecule has 0 aliphatic carbocycles. The van der Waals surface area contributed by atoms with Gasteiger partial charge in [0.1, 0.15) is 0 Å². The molecule has 0 bridgehead atoms. The summed E-state index contributed by atoms with van der Waals surface area (Å²) in [6.45, 7) is 6.00. The average Bonchev–Trinajstić information content (AvgIpc) is 2.69. The first-order chi connectivity index (χ1) is 6.86. The van der Waals surface area contributed by atoms with E-state index in [0.717, 1.165) is 10.4 Å². The van der Waals surface area contributed by atoms with Crippen LogP contribution in [-0.2, 0) is 0 Å². The van der Waals surface area contributed by atoms with Crippen LogP contribution in [0.25, 0.3) is 10.4 Å². The van der Waals surface area contributed by atoms with Crippen LogP contribution in [0.5, 0.6) is 0 Å². The molecule has 2 aromatic rings. The molecule has 72 valence electrons. The highest BCUT2D eigenvalue weighted by molar-refractivity contribution is 7.18. The SMILES string of the molecule is C=C.Nc1ncc(-c2cccnc2)s1. The summed E-state index contributed by atoms with van der Waals surface area (Å²) in [4.78, 5) is 9.03. The van der Waals surface area contributed by atoms with Gasteiger partial charge in [-0.1, -0.05) is 17.4 Å². The van der Waals surface area contributed by atoms with Crippen molar-refractivity contribution in [3.05, 3.63) is 43.9 Å². The van der Waals surface area contributed by atoms with Gasteiger partial charge in [0.15, 0.2) is 5.13 Å². The number of nitrogens with two attached hydrogens (primary N) is 1. The third kappa shape index (κ3) is 2.40. The van der Waals surface area contributed by atoms with Crippen LogP contribution in [-0.4, -0.2) is 9.97 Å². The van der Waals surface area contributed by atoms with Crippen molar-refractivity contribution in [2.75, 3.05) is 5.73 Å². The summed E-state index contributed by atoms with van der Waals surface area (Å²) in [5.41, 5.74) is 6.56. The van der Waals surface area contributed by atoms with Crippen LogP contribution in [0, 0.1) is 0 Å². The molecule has 0 aromatic carbocycles. The quantitative estimate of drug-likeness (QED) is 0.728. The molecule has 0 aliphatic heterocycles. The van der Waals surface area contributed by atoms with Crippen molar-refractivity contribution in [3.63, 3.8) is 0 Å². The minimum absolute atomic E-state index is 0.592. The molecular formula is C10H11N3S. The van der Waals surface area contributed by atoms with E-state index in [0.29, 0.717) is 5.13 Å². The van der Waals surface area contributed by atoms with E-state index in [9.17, 15) is 0 Å². The van der Waals surface area contributed by atoms with Crippen molar-refractivity contribution < 1.29 is 0 Å². The molecule has 0 spiro atoms. The van der Waals surface area contributed by atoms with Gasteiger partial charge in [0.2, 0.25) is 0 Å². The summed E-state index contributed by atoms with van der Waals surface area (Å²) in [7, 11) is 0. The zero-order chi connectivity index (χ0) is 10.4. The Bertz CT molecular complexity index is 383. The van der Waals surface area contributed by atoms with E-state index < -0.39 is 0 Å². The summed E-state index contributed by atoms with van der Waals surface area (Å²) in [6, 6.07) is 3.88. The first-order valence-corrected chi connectivity index (χ1v) is 4.79. The van der Waals surface area contributed by atoms with Gasteiger partial charge in [-0.25, -0.2) is 4.98 Å². The second-order valence-electron chi connectivity index (χ2n) is 2.30. The van der Waals surface area contributed by atoms with Crippen LogP contribution in [0.2, 0.25) is 0 Å². The molecule has 0 saturated carbocycles. The molecule has 0 fully saturated rings. The Labute approximate surface area is 87.0 Å². The third-order valence-electron chi connectivity index (χ3n) is 1.47. The monoisotopic (exact) mass is 205 g/mol. The number of hydrogen-bond donors (Lipinski definition) is 1. The largest absolute Gasteiger partial charge is 0.375 e. The normalized spacial score (nSPS) is 8.86. The maximum Gasteiger partial charge on any atom is 0.180 e. The highest BCUT2D eigenvalue weighted by Gasteiger charge is 2.00. The number of anilines is 1. The van der Waals surface area contributed by atoms with E-state index in [1.165, 1.54) is 11.3 Å². The molecule has 3 nitrogen and oxygen atoms in total. The summed E-state index contributed by atoms with van der Waals surface area (Å²) < 4.78 is 0. The predicted molar refractivity (Wildman–Crippen MR) is 61.0 cm³/mol. The molecule has 2 rings (SSSR count). The van der Waals surface area contributed by atoms with Crippen LogP contribution in [0.3, 0.4) is 0 Å². The van der Waals surface area contributed by atoms with Crippen molar-refractivity contribution in [2.45, 2.75) is 0 Å². The Hall–Kier alpha value is -1.68. The number of thiazole rings is 1. The summed E-state index contributed by atoms with van der Waals surface area (Å²) in [6.07, 6.45) is 5.30. The third-order valence-corrected chi connectivity index (χ3v) is 2.35. The maximum atomic E-state index is 5.50. The molecule has 0 aliphatic rings. The Morgan fingerprint density at radius 3 is 2.57 bits per heavy atom. The standard InChI is InChI=1S/C8H7N3S.C2H4/c9-8-11-5-7(12-8)6-2-1-3-10-4-6;1-2/h1-5H,(H2,9,11);1-2H2. The van der Waals surface area contributed by atoms with Gasteiger partial charge in [-0.3, -0.25) is 4.98 Å². The molecule has 4 heteroatoms. The average molecular weight is 205 g/mol. The van der Waals surface area contributed by atoms with Gasteiger partial charge >= 0.3 is 0 Å². The summed E-state index contributed by atoms with van der Waals surface area (Å²) in [5.74, 6) is 0. The molecule has 2 N–H and O–H groups in total. The van der Waals surface area contributed by atoms with Crippen molar-refractivity contribution >= 4 is 16.5 Å². The van der Waals surface area contributed by atoms with Crippen molar-refractivity contribution in [3.8, 4) is 10.4 Å². The first-order valence-electron chi connectivity index (χ1n) is 3.98. The lowest BCUT2D eigenvalue weighted by Crippen LogP contribution is -1.77. The second kappa shape index (κ2) is 5.14. The number of nitrogen functional groups attached to an aromatic ring is 1. The van der Waals surface area contributed by atoms with Crippen LogP contribution in [0.4, 0.5) is 5.13 Å². The van der Waals surface area contributed by atoms with Gasteiger partial charge in [-0.05, 0) is 6.07 Å². The first kappa shape index (κ1) is 10.4. The van der Waals surface area contributed by atoms with Crippen molar-refractivity contribution in [2.24, 2.45) is 0 Å². The van der Waals surface area contributed by atoms with Gasteiger partial charge in [0.25, 0.3) is 0 Å². The highest BCUT2D eigenvalue weighted by atomic mass is 32.1. The lowest BCUT2D eigenvalue weighted by Gasteiger charge is -1.91. The van der Waals surface area contributed by atoms with E-state index in [1.54, 1.807) is 18.6 Å². The highest BCUT2D eigenvalue weighted by Crippen LogP contribution is 2.25. The number of aromatic nitrogens is 2. The molecule has 2 aromatic heterocycles. The zero-order valence-corrected chi connectivity index (χ0v) is 8.50. The summed E-state index contributed by atoms with van der Waals surface area (Å²) >= 11 is 1.47. The molecule has 0 atom stereocenters. The fourth-order valence-electron chi connectivity index (χ4n) is 0.930. The maximum absolute atomic E-state index is 5.50. The molecular weight excluding hydrogens is 194 g/mol. The number of nitrogens with zero attached hydrogens (tertiary/aromatic N) is 2. The molecule has 14 heavy (non-hydrogen) atoms. The minimum atomic E-state index is 0.592. The van der Waals surface area contributed by atoms with Gasteiger partial charge < -0.3 is 5.73 Å². The summed E-state index contributed by atoms with van der Waals surface area (Å²) in [5, 5.41) is 0.592. The Morgan fingerprint density at radius 1 is 1.29 bits per heavy atom. The fraction of sp³-hybridized carbons (Fsp3) is 0. The topological polar surface area (TPSA) is 51.8 Å². The smallest absolute Gasteiger partial charge is 0.180 e. The lowest BCUT2D eigenvalue weighted by molar-refractivity contribution is 1.33. The Balaban J connectivity index is 0.000000461. The molecule has 0 saturated heterocycles. The lowest BCUT2D eigenvalue weighted by atomic mass is 10.3. The van der Waals surface area contributed by atoms with Crippen LogP contribution in [0.1, 0.15) is 0 Å². The van der Waals surface area contributed by atoms with Crippen LogP contribution >= 0.6 is 11.3 Å². The van der Waals surface area contributed by atoms with E-state index in [1.807, 2.05) is 12.1 Å². The van der Waals surface area contributed by atoms with Gasteiger partial charge in [-0.15, -0.1) is 13.2 Å². The van der Waals surface area contributed by atoms with Crippen molar-refractivity contribution in [1.29, 1.82) is 0 Å². The van der Waals surface area contributed by atoms with Crippen LogP contribution in [0.15, 0.2) is 43.9 Å².